The third kappa shape index (κ3) is 13.7. The minimum atomic E-state index is -0.979. The summed E-state index contributed by atoms with van der Waals surface area (Å²) in [5.74, 6) is 1.06. The molecule has 0 aliphatic heterocycles. The highest BCUT2D eigenvalue weighted by Crippen LogP contribution is 2.14. The van der Waals surface area contributed by atoms with E-state index in [9.17, 15) is 24.7 Å². The molecular weight excluding hydrogens is 586 g/mol. The Morgan fingerprint density at radius 3 is 2.04 bits per heavy atom. The third-order valence-electron chi connectivity index (χ3n) is 6.63. The van der Waals surface area contributed by atoms with E-state index in [1.165, 1.54) is 14.1 Å². The summed E-state index contributed by atoms with van der Waals surface area (Å²) in [5.41, 5.74) is 8.56. The van der Waals surface area contributed by atoms with Crippen LogP contribution < -0.4 is 10.5 Å². The molecule has 2 rings (SSSR count). The van der Waals surface area contributed by atoms with E-state index in [0.717, 1.165) is 18.5 Å². The average molecular weight is 628 g/mol. The molecule has 0 saturated heterocycles. The number of carbonyl (C=O) groups is 2. The first-order valence-electron chi connectivity index (χ1n) is 15.1. The van der Waals surface area contributed by atoms with Crippen molar-refractivity contribution in [1.29, 1.82) is 5.41 Å². The lowest BCUT2D eigenvalue weighted by molar-refractivity contribution is 0.116. The highest BCUT2D eigenvalue weighted by molar-refractivity contribution is 6.70. The maximum absolute atomic E-state index is 11.1. The molecule has 0 fully saturated rings. The fourth-order valence-electron chi connectivity index (χ4n) is 4.35. The Kier molecular flexibility index (Phi) is 17.5. The van der Waals surface area contributed by atoms with Crippen molar-refractivity contribution in [3.8, 4) is 5.75 Å². The summed E-state index contributed by atoms with van der Waals surface area (Å²) in [6.07, 6.45) is 2.50. The number of nitrogens with zero attached hydrogens (tertiary/aromatic N) is 4. The van der Waals surface area contributed by atoms with Crippen molar-refractivity contribution in [2.45, 2.75) is 46.2 Å². The van der Waals surface area contributed by atoms with Gasteiger partial charge in [0.2, 0.25) is 7.28 Å². The molecule has 0 spiro atoms. The van der Waals surface area contributed by atoms with E-state index < -0.39 is 21.2 Å². The molecule has 46 heavy (non-hydrogen) atoms. The number of hydrogen-bond acceptors (Lipinski definition) is 10. The molecule has 18 heteroatoms. The first-order chi connectivity index (χ1) is 22.1. The Labute approximate surface area is 273 Å². The molecule has 2 radical (unpaired) electrons. The molecule has 0 unspecified atom stereocenters. The van der Waals surface area contributed by atoms with Crippen LogP contribution in [-0.4, -0.2) is 117 Å². The molecular formula is C28H41B5N6O7. The minimum Gasteiger partial charge on any atom is -0.494 e. The van der Waals surface area contributed by atoms with E-state index in [1.807, 2.05) is 24.3 Å². The van der Waals surface area contributed by atoms with Gasteiger partial charge in [-0.25, -0.2) is 0 Å². The highest BCUT2D eigenvalue weighted by Gasteiger charge is 2.28. The number of hydrogen-bond donors (Lipinski definition) is 5. The van der Waals surface area contributed by atoms with Gasteiger partial charge in [-0.05, 0) is 75.0 Å². The van der Waals surface area contributed by atoms with Gasteiger partial charge in [-0.2, -0.15) is 0 Å². The topological polar surface area (TPSA) is 194 Å². The van der Waals surface area contributed by atoms with Gasteiger partial charge in [-0.15, -0.1) is 0 Å². The lowest BCUT2D eigenvalue weighted by Crippen LogP contribution is -2.55. The van der Waals surface area contributed by atoms with Gasteiger partial charge in [-0.1, -0.05) is 24.3 Å². The van der Waals surface area contributed by atoms with Crippen molar-refractivity contribution in [3.05, 3.63) is 65.2 Å². The second-order valence-electron chi connectivity index (χ2n) is 10.4. The van der Waals surface area contributed by atoms with Crippen LogP contribution in [-0.2, 0) is 20.9 Å². The second kappa shape index (κ2) is 21.0. The fraction of sp³-hybridized carbons (Fsp3) is 0.393. The van der Waals surface area contributed by atoms with Crippen molar-refractivity contribution in [2.75, 3.05) is 26.3 Å². The number of amidine groups is 1. The van der Waals surface area contributed by atoms with Crippen LogP contribution in [0.1, 0.15) is 29.5 Å². The Morgan fingerprint density at radius 2 is 1.50 bits per heavy atom. The van der Waals surface area contributed by atoms with Gasteiger partial charge in [0, 0.05) is 31.0 Å². The maximum atomic E-state index is 11.1. The van der Waals surface area contributed by atoms with Crippen LogP contribution >= 0.6 is 0 Å². The van der Waals surface area contributed by atoms with E-state index in [2.05, 4.69) is 9.81 Å². The first kappa shape index (κ1) is 38.3. The molecule has 0 saturated carbocycles. The Balaban J connectivity index is 1.93. The summed E-state index contributed by atoms with van der Waals surface area (Å²) in [6, 6.07) is 14.3. The Bertz CT molecular complexity index is 1280. The Hall–Kier alpha value is -3.85. The quantitative estimate of drug-likeness (QED) is 0.0429. The van der Waals surface area contributed by atoms with Crippen molar-refractivity contribution in [3.63, 3.8) is 0 Å². The monoisotopic (exact) mass is 628 g/mol. The highest BCUT2D eigenvalue weighted by atomic mass is 16.5. The zero-order valence-electron chi connectivity index (χ0n) is 26.7. The van der Waals surface area contributed by atoms with Crippen molar-refractivity contribution < 1.29 is 34.1 Å². The predicted octanol–water partition coefficient (Wildman–Crippen LogP) is 0.549. The Morgan fingerprint density at radius 1 is 0.913 bits per heavy atom. The molecule has 0 aliphatic carbocycles. The number of nitrogens with one attached hydrogen (secondary N) is 1. The van der Waals surface area contributed by atoms with E-state index in [1.54, 1.807) is 47.5 Å². The van der Waals surface area contributed by atoms with Gasteiger partial charge >= 0.3 is 28.6 Å². The number of nitrogens with two attached hydrogens (primary N) is 1. The zero-order chi connectivity index (χ0) is 33.9. The average Bonchev–Trinajstić information content (AvgIpc) is 3.03. The lowest BCUT2D eigenvalue weighted by Gasteiger charge is -2.36. The van der Waals surface area contributed by atoms with Crippen LogP contribution in [0.5, 0.6) is 5.75 Å². The first-order valence-corrected chi connectivity index (χ1v) is 15.1. The molecule has 2 aromatic rings. The summed E-state index contributed by atoms with van der Waals surface area (Å²) in [7, 11) is -0.384. The summed E-state index contributed by atoms with van der Waals surface area (Å²) in [5, 5.41) is 38.6. The fourth-order valence-corrected chi connectivity index (χ4v) is 4.35. The second-order valence-corrected chi connectivity index (χ2v) is 10.4. The largest absolute Gasteiger partial charge is 0.494 e. The number of carbonyl (C=O) groups excluding carboxylic acids is 2. The SMILES string of the molecule is CB(O)N=C(N)c1ccc(OCCCN(B(C)O)C(=N[B]C=O)N(CCCOCc2ccc(C(=N)C[B]C=O)cc2)B(C)O)cc1. The van der Waals surface area contributed by atoms with Gasteiger partial charge in [-0.3, -0.25) is 4.90 Å². The zero-order valence-corrected chi connectivity index (χ0v) is 26.7. The van der Waals surface area contributed by atoms with Crippen LogP contribution in [0.15, 0.2) is 58.3 Å². The van der Waals surface area contributed by atoms with Gasteiger partial charge in [0.05, 0.1) is 19.4 Å². The summed E-state index contributed by atoms with van der Waals surface area (Å²) in [4.78, 5) is 33.0. The van der Waals surface area contributed by atoms with Crippen LogP contribution in [0.4, 0.5) is 0 Å². The van der Waals surface area contributed by atoms with Crippen molar-refractivity contribution >= 4 is 65.7 Å². The van der Waals surface area contributed by atoms with Gasteiger partial charge < -0.3 is 59.8 Å². The van der Waals surface area contributed by atoms with E-state index in [-0.39, 0.29) is 18.1 Å². The van der Waals surface area contributed by atoms with Gasteiger partial charge in [0.25, 0.3) is 0 Å². The van der Waals surface area contributed by atoms with E-state index in [0.29, 0.717) is 75.1 Å². The minimum absolute atomic E-state index is 0.220. The number of guanidine groups is 1. The number of benzene rings is 2. The molecule has 0 bridgehead atoms. The predicted molar refractivity (Wildman–Crippen MR) is 187 cm³/mol. The van der Waals surface area contributed by atoms with Crippen LogP contribution in [0.2, 0.25) is 26.8 Å². The normalized spacial score (nSPS) is 11.3. The molecule has 0 aliphatic rings. The van der Waals surface area contributed by atoms with E-state index >= 15 is 0 Å². The van der Waals surface area contributed by atoms with Crippen molar-refractivity contribution in [1.82, 2.24) is 9.62 Å². The molecule has 0 amide bonds. The van der Waals surface area contributed by atoms with Gasteiger partial charge in [0.1, 0.15) is 17.8 Å². The number of ether oxygens (including phenoxy) is 2. The van der Waals surface area contributed by atoms with E-state index in [4.69, 9.17) is 20.6 Å². The molecule has 6 N–H and O–H groups in total. The molecule has 240 valence electrons. The lowest BCUT2D eigenvalue weighted by atomic mass is 9.74. The molecule has 13 nitrogen and oxygen atoms in total. The van der Waals surface area contributed by atoms with Crippen LogP contribution in [0.25, 0.3) is 0 Å². The summed E-state index contributed by atoms with van der Waals surface area (Å²) in [6.45, 7) is 6.36. The van der Waals surface area contributed by atoms with Gasteiger partial charge in [0.15, 0.2) is 5.96 Å². The molecule has 0 heterocycles. The summed E-state index contributed by atoms with van der Waals surface area (Å²) < 4.78 is 11.7. The van der Waals surface area contributed by atoms with Crippen LogP contribution in [0.3, 0.4) is 0 Å². The van der Waals surface area contributed by atoms with Crippen LogP contribution in [0, 0.1) is 5.41 Å². The number of rotatable bonds is 21. The smallest absolute Gasteiger partial charge is 0.429 e. The maximum Gasteiger partial charge on any atom is 0.429 e. The molecule has 0 atom stereocenters. The molecule has 2 aromatic carbocycles. The standard InChI is InChI=1S/C28H41B5N6O7/c1-31(42)37-27(35)24-10-12-25(13-11-24)46-17-5-15-39(33(3)44)28(36-30-21-41)38(32(2)43)14-4-16-45-19-22-6-8-23(9-7-22)26(34)18-29-20-40/h6-13,20-21,34,42-44H,4-5,14-19H2,1-3H3,(H2,35,37). The third-order valence-corrected chi connectivity index (χ3v) is 6.63. The molecule has 0 aromatic heterocycles. The van der Waals surface area contributed by atoms with Crippen molar-refractivity contribution in [2.24, 2.45) is 15.5 Å². The summed E-state index contributed by atoms with van der Waals surface area (Å²) >= 11 is 0.